The largest absolute Gasteiger partial charge is 0.387 e. The maximum atomic E-state index is 12.9. The van der Waals surface area contributed by atoms with E-state index in [1.807, 2.05) is 0 Å². The maximum Gasteiger partial charge on any atom is 0.126 e. The molecule has 2 nitrogen and oxygen atoms in total. The molecule has 0 atom stereocenters. The second-order valence-corrected chi connectivity index (χ2v) is 4.11. The summed E-state index contributed by atoms with van der Waals surface area (Å²) in [6.07, 6.45) is 2.75. The minimum atomic E-state index is -0.547. The van der Waals surface area contributed by atoms with Crippen LogP contribution in [0.4, 0.5) is 8.78 Å². The molecule has 1 aliphatic carbocycles. The number of aliphatic imine (C=N–C) groups is 1. The number of rotatable bonds is 4. The molecule has 0 unspecified atom stereocenters. The van der Waals surface area contributed by atoms with Gasteiger partial charge in [-0.2, -0.15) is 0 Å². The van der Waals surface area contributed by atoms with Gasteiger partial charge in [0, 0.05) is 18.5 Å². The van der Waals surface area contributed by atoms with Crippen LogP contribution in [0.2, 0.25) is 0 Å². The summed E-state index contributed by atoms with van der Waals surface area (Å²) in [5.74, 6) is 0.0319. The van der Waals surface area contributed by atoms with E-state index in [1.165, 1.54) is 12.1 Å². The molecule has 2 N–H and O–H groups in total. The van der Waals surface area contributed by atoms with Gasteiger partial charge >= 0.3 is 0 Å². The fourth-order valence-corrected chi connectivity index (χ4v) is 1.58. The SMILES string of the molecule is NC(=NCCc1cc(F)cc(F)c1)C1CC1. The summed E-state index contributed by atoms with van der Waals surface area (Å²) in [6.45, 7) is 0.491. The van der Waals surface area contributed by atoms with Gasteiger partial charge in [0.25, 0.3) is 0 Å². The molecule has 0 amide bonds. The van der Waals surface area contributed by atoms with Gasteiger partial charge in [-0.3, -0.25) is 4.99 Å². The Kier molecular flexibility index (Phi) is 3.17. The summed E-state index contributed by atoms with van der Waals surface area (Å²) in [4.78, 5) is 4.19. The zero-order chi connectivity index (χ0) is 11.5. The molecule has 86 valence electrons. The quantitative estimate of drug-likeness (QED) is 0.618. The number of hydrogen-bond acceptors (Lipinski definition) is 1. The molecule has 1 fully saturated rings. The van der Waals surface area contributed by atoms with Crippen LogP contribution in [0.5, 0.6) is 0 Å². The highest BCUT2D eigenvalue weighted by molar-refractivity contribution is 5.84. The minimum absolute atomic E-state index is 0.448. The highest BCUT2D eigenvalue weighted by Gasteiger charge is 2.24. The first kappa shape index (κ1) is 11.0. The van der Waals surface area contributed by atoms with E-state index in [4.69, 9.17) is 5.73 Å². The first-order chi connectivity index (χ1) is 7.65. The van der Waals surface area contributed by atoms with E-state index in [-0.39, 0.29) is 0 Å². The number of halogens is 2. The van der Waals surface area contributed by atoms with Crippen molar-refractivity contribution in [3.05, 3.63) is 35.4 Å². The van der Waals surface area contributed by atoms with E-state index in [9.17, 15) is 8.78 Å². The fourth-order valence-electron chi connectivity index (χ4n) is 1.58. The predicted octanol–water partition coefficient (Wildman–Crippen LogP) is 2.27. The van der Waals surface area contributed by atoms with E-state index in [0.29, 0.717) is 30.3 Å². The van der Waals surface area contributed by atoms with Crippen molar-refractivity contribution in [1.82, 2.24) is 0 Å². The van der Waals surface area contributed by atoms with Gasteiger partial charge in [-0.25, -0.2) is 8.78 Å². The first-order valence-electron chi connectivity index (χ1n) is 5.40. The third-order valence-corrected chi connectivity index (χ3v) is 2.61. The molecule has 0 radical (unpaired) electrons. The molecule has 0 aromatic heterocycles. The van der Waals surface area contributed by atoms with Crippen molar-refractivity contribution in [2.45, 2.75) is 19.3 Å². The van der Waals surface area contributed by atoms with E-state index in [1.54, 1.807) is 0 Å². The van der Waals surface area contributed by atoms with Crippen LogP contribution in [0.25, 0.3) is 0 Å². The van der Waals surface area contributed by atoms with E-state index < -0.39 is 11.6 Å². The van der Waals surface area contributed by atoms with Crippen molar-refractivity contribution in [1.29, 1.82) is 0 Å². The monoisotopic (exact) mass is 224 g/mol. The Balaban J connectivity index is 1.91. The van der Waals surface area contributed by atoms with Gasteiger partial charge < -0.3 is 5.73 Å². The van der Waals surface area contributed by atoms with Gasteiger partial charge in [-0.05, 0) is 37.0 Å². The Hall–Kier alpha value is -1.45. The zero-order valence-corrected chi connectivity index (χ0v) is 8.92. The summed E-state index contributed by atoms with van der Waals surface area (Å²) >= 11 is 0. The lowest BCUT2D eigenvalue weighted by atomic mass is 10.1. The summed E-state index contributed by atoms with van der Waals surface area (Å²) in [5.41, 5.74) is 6.32. The number of nitrogens with zero attached hydrogens (tertiary/aromatic N) is 1. The highest BCUT2D eigenvalue weighted by Crippen LogP contribution is 2.28. The molecule has 16 heavy (non-hydrogen) atoms. The highest BCUT2D eigenvalue weighted by atomic mass is 19.1. The lowest BCUT2D eigenvalue weighted by Crippen LogP contribution is -2.14. The maximum absolute atomic E-state index is 12.9. The average Bonchev–Trinajstić information content (AvgIpc) is 2.98. The Bertz CT molecular complexity index is 391. The Morgan fingerprint density at radius 3 is 2.44 bits per heavy atom. The van der Waals surface area contributed by atoms with Gasteiger partial charge in [-0.15, -0.1) is 0 Å². The van der Waals surface area contributed by atoms with Crippen molar-refractivity contribution < 1.29 is 8.78 Å². The van der Waals surface area contributed by atoms with Gasteiger partial charge in [0.15, 0.2) is 0 Å². The van der Waals surface area contributed by atoms with Crippen molar-refractivity contribution in [2.75, 3.05) is 6.54 Å². The van der Waals surface area contributed by atoms with E-state index in [2.05, 4.69) is 4.99 Å². The molecule has 1 aromatic rings. The molecular weight excluding hydrogens is 210 g/mol. The first-order valence-corrected chi connectivity index (χ1v) is 5.40. The molecule has 0 aliphatic heterocycles. The zero-order valence-electron chi connectivity index (χ0n) is 8.92. The van der Waals surface area contributed by atoms with Crippen LogP contribution < -0.4 is 5.73 Å². The van der Waals surface area contributed by atoms with E-state index >= 15 is 0 Å². The molecule has 0 saturated heterocycles. The standard InChI is InChI=1S/C12H14F2N2/c13-10-5-8(6-11(14)7-10)3-4-16-12(15)9-1-2-9/h5-7,9H,1-4H2,(H2,15,16). The van der Waals surface area contributed by atoms with Crippen LogP contribution in [-0.2, 0) is 6.42 Å². The Labute approximate surface area is 93.2 Å². The Morgan fingerprint density at radius 1 is 1.25 bits per heavy atom. The van der Waals surface area contributed by atoms with Crippen LogP contribution in [-0.4, -0.2) is 12.4 Å². The van der Waals surface area contributed by atoms with Crippen molar-refractivity contribution in [3.8, 4) is 0 Å². The molecule has 0 spiro atoms. The second-order valence-electron chi connectivity index (χ2n) is 4.11. The van der Waals surface area contributed by atoms with Crippen LogP contribution in [0.1, 0.15) is 18.4 Å². The summed E-state index contributed by atoms with van der Waals surface area (Å²) in [7, 11) is 0. The lowest BCUT2D eigenvalue weighted by molar-refractivity contribution is 0.579. The normalized spacial score (nSPS) is 16.5. The third-order valence-electron chi connectivity index (χ3n) is 2.61. The molecule has 1 aromatic carbocycles. The second kappa shape index (κ2) is 4.60. The van der Waals surface area contributed by atoms with Gasteiger partial charge in [0.05, 0.1) is 5.84 Å². The summed E-state index contributed by atoms with van der Waals surface area (Å²) in [5, 5.41) is 0. The fraction of sp³-hybridized carbons (Fsp3) is 0.417. The predicted molar refractivity (Wildman–Crippen MR) is 59.3 cm³/mol. The molecule has 2 rings (SSSR count). The molecule has 4 heteroatoms. The van der Waals surface area contributed by atoms with E-state index in [0.717, 1.165) is 18.9 Å². The molecular formula is C12H14F2N2. The van der Waals surface area contributed by atoms with Crippen LogP contribution in [0.15, 0.2) is 23.2 Å². The number of nitrogens with two attached hydrogens (primary N) is 1. The van der Waals surface area contributed by atoms with Crippen LogP contribution in [0, 0.1) is 17.6 Å². The van der Waals surface area contributed by atoms with Gasteiger partial charge in [0.2, 0.25) is 0 Å². The number of amidine groups is 1. The molecule has 0 heterocycles. The van der Waals surface area contributed by atoms with Crippen molar-refractivity contribution in [2.24, 2.45) is 16.6 Å². The molecule has 0 bridgehead atoms. The number of hydrogen-bond donors (Lipinski definition) is 1. The van der Waals surface area contributed by atoms with Crippen LogP contribution >= 0.6 is 0 Å². The van der Waals surface area contributed by atoms with Crippen molar-refractivity contribution >= 4 is 5.84 Å². The minimum Gasteiger partial charge on any atom is -0.387 e. The topological polar surface area (TPSA) is 38.4 Å². The molecule has 1 aliphatic rings. The van der Waals surface area contributed by atoms with Crippen LogP contribution in [0.3, 0.4) is 0 Å². The van der Waals surface area contributed by atoms with Gasteiger partial charge in [0.1, 0.15) is 11.6 Å². The lowest BCUT2D eigenvalue weighted by Gasteiger charge is -2.01. The van der Waals surface area contributed by atoms with Gasteiger partial charge in [-0.1, -0.05) is 0 Å². The average molecular weight is 224 g/mol. The Morgan fingerprint density at radius 2 is 1.88 bits per heavy atom. The summed E-state index contributed by atoms with van der Waals surface area (Å²) < 4.78 is 25.7. The summed E-state index contributed by atoms with van der Waals surface area (Å²) in [6, 6.07) is 3.52. The number of benzene rings is 1. The molecule has 1 saturated carbocycles. The smallest absolute Gasteiger partial charge is 0.126 e. The third kappa shape index (κ3) is 3.02. The van der Waals surface area contributed by atoms with Crippen molar-refractivity contribution in [3.63, 3.8) is 0 Å².